The van der Waals surface area contributed by atoms with Crippen LogP contribution in [0.3, 0.4) is 0 Å². The third kappa shape index (κ3) is 2.62. The average molecular weight is 265 g/mol. The van der Waals surface area contributed by atoms with Gasteiger partial charge >= 0.3 is 0 Å². The quantitative estimate of drug-likeness (QED) is 0.888. The first-order chi connectivity index (χ1) is 8.72. The monoisotopic (exact) mass is 264 g/mol. The van der Waals surface area contributed by atoms with Crippen molar-refractivity contribution in [1.29, 1.82) is 0 Å². The molecular weight excluding hydrogens is 252 g/mol. The Hall–Kier alpha value is -2.01. The Kier molecular flexibility index (Phi) is 3.84. The van der Waals surface area contributed by atoms with E-state index in [1.54, 1.807) is 6.07 Å². The Morgan fingerprint density at radius 3 is 2.83 bits per heavy atom. The van der Waals surface area contributed by atoms with Gasteiger partial charge in [0.15, 0.2) is 5.82 Å². The first-order valence-corrected chi connectivity index (χ1v) is 5.85. The molecule has 0 amide bonds. The normalized spacial score (nSPS) is 10.1. The molecule has 3 N–H and O–H groups in total. The van der Waals surface area contributed by atoms with Gasteiger partial charge in [0.05, 0.1) is 17.3 Å². The Labute approximate surface area is 110 Å². The predicted octanol–water partition coefficient (Wildman–Crippen LogP) is 2.85. The molecule has 94 valence electrons. The minimum absolute atomic E-state index is 0.360. The maximum Gasteiger partial charge on any atom is 0.242 e. The Morgan fingerprint density at radius 2 is 2.11 bits per heavy atom. The average Bonchev–Trinajstić information content (AvgIpc) is 2.37. The smallest absolute Gasteiger partial charge is 0.242 e. The summed E-state index contributed by atoms with van der Waals surface area (Å²) in [4.78, 5) is 8.03. The molecule has 0 atom stereocenters. The van der Waals surface area contributed by atoms with Gasteiger partial charge in [-0.2, -0.15) is 4.98 Å². The predicted molar refractivity (Wildman–Crippen MR) is 72.3 cm³/mol. The molecule has 1 heterocycles. The van der Waals surface area contributed by atoms with E-state index in [0.717, 1.165) is 5.69 Å². The van der Waals surface area contributed by atoms with Crippen molar-refractivity contribution in [3.8, 4) is 5.88 Å². The van der Waals surface area contributed by atoms with Crippen LogP contribution in [0.2, 0.25) is 5.02 Å². The SMILES string of the molecule is CCOc1ncnc(Nc2ccccc2Cl)c1N. The molecular formula is C12H13ClN4O. The summed E-state index contributed by atoms with van der Waals surface area (Å²) in [7, 11) is 0. The zero-order valence-electron chi connectivity index (χ0n) is 9.85. The van der Waals surface area contributed by atoms with Gasteiger partial charge in [-0.3, -0.25) is 0 Å². The van der Waals surface area contributed by atoms with Gasteiger partial charge in [0.1, 0.15) is 12.0 Å². The number of nitrogens with one attached hydrogen (secondary N) is 1. The van der Waals surface area contributed by atoms with Crippen LogP contribution in [0.1, 0.15) is 6.92 Å². The molecule has 0 bridgehead atoms. The second-order valence-corrected chi connectivity index (χ2v) is 3.89. The molecule has 1 aromatic carbocycles. The fraction of sp³-hybridized carbons (Fsp3) is 0.167. The number of halogens is 1. The summed E-state index contributed by atoms with van der Waals surface area (Å²) < 4.78 is 5.30. The second kappa shape index (κ2) is 5.55. The first-order valence-electron chi connectivity index (χ1n) is 5.47. The van der Waals surface area contributed by atoms with Gasteiger partial charge in [-0.1, -0.05) is 23.7 Å². The molecule has 0 spiro atoms. The zero-order valence-corrected chi connectivity index (χ0v) is 10.6. The number of para-hydroxylation sites is 1. The number of nitrogen functional groups attached to an aromatic ring is 1. The minimum Gasteiger partial charge on any atom is -0.476 e. The van der Waals surface area contributed by atoms with Crippen molar-refractivity contribution in [2.45, 2.75) is 6.92 Å². The summed E-state index contributed by atoms with van der Waals surface area (Å²) in [5, 5.41) is 3.64. The van der Waals surface area contributed by atoms with Crippen LogP contribution in [0, 0.1) is 0 Å². The van der Waals surface area contributed by atoms with E-state index in [-0.39, 0.29) is 0 Å². The van der Waals surface area contributed by atoms with Crippen LogP contribution >= 0.6 is 11.6 Å². The van der Waals surface area contributed by atoms with Gasteiger partial charge in [-0.15, -0.1) is 0 Å². The minimum atomic E-state index is 0.360. The largest absolute Gasteiger partial charge is 0.476 e. The van der Waals surface area contributed by atoms with E-state index < -0.39 is 0 Å². The lowest BCUT2D eigenvalue weighted by atomic mass is 10.3. The molecule has 0 saturated carbocycles. The molecule has 18 heavy (non-hydrogen) atoms. The summed E-state index contributed by atoms with van der Waals surface area (Å²) in [5.41, 5.74) is 7.00. The van der Waals surface area contributed by atoms with E-state index in [4.69, 9.17) is 22.1 Å². The zero-order chi connectivity index (χ0) is 13.0. The number of aromatic nitrogens is 2. The van der Waals surface area contributed by atoms with Crippen molar-refractivity contribution in [1.82, 2.24) is 9.97 Å². The Balaban J connectivity index is 2.30. The molecule has 5 nitrogen and oxygen atoms in total. The third-order valence-corrected chi connectivity index (χ3v) is 2.58. The van der Waals surface area contributed by atoms with Crippen LogP contribution in [0.4, 0.5) is 17.2 Å². The summed E-state index contributed by atoms with van der Waals surface area (Å²) >= 11 is 6.05. The van der Waals surface area contributed by atoms with Crippen molar-refractivity contribution in [2.75, 3.05) is 17.7 Å². The van der Waals surface area contributed by atoms with Gasteiger partial charge in [0.2, 0.25) is 5.88 Å². The summed E-state index contributed by atoms with van der Waals surface area (Å²) in [5.74, 6) is 0.837. The number of nitrogens with zero attached hydrogens (tertiary/aromatic N) is 2. The number of anilines is 3. The van der Waals surface area contributed by atoms with E-state index in [1.807, 2.05) is 25.1 Å². The second-order valence-electron chi connectivity index (χ2n) is 3.48. The molecule has 0 aliphatic heterocycles. The van der Waals surface area contributed by atoms with Gasteiger partial charge in [-0.05, 0) is 19.1 Å². The van der Waals surface area contributed by atoms with Gasteiger partial charge in [0, 0.05) is 0 Å². The van der Waals surface area contributed by atoms with Crippen molar-refractivity contribution < 1.29 is 4.74 Å². The molecule has 6 heteroatoms. The van der Waals surface area contributed by atoms with Crippen LogP contribution in [0.15, 0.2) is 30.6 Å². The Morgan fingerprint density at radius 1 is 1.33 bits per heavy atom. The number of ether oxygens (including phenoxy) is 1. The van der Waals surface area contributed by atoms with Gasteiger partial charge < -0.3 is 15.8 Å². The number of benzene rings is 1. The van der Waals surface area contributed by atoms with Crippen LogP contribution in [-0.4, -0.2) is 16.6 Å². The maximum absolute atomic E-state index is 6.05. The van der Waals surface area contributed by atoms with E-state index >= 15 is 0 Å². The van der Waals surface area contributed by atoms with Crippen molar-refractivity contribution in [3.63, 3.8) is 0 Å². The highest BCUT2D eigenvalue weighted by atomic mass is 35.5. The van der Waals surface area contributed by atoms with E-state index in [2.05, 4.69) is 15.3 Å². The number of rotatable bonds is 4. The fourth-order valence-corrected chi connectivity index (χ4v) is 1.60. The van der Waals surface area contributed by atoms with Gasteiger partial charge in [-0.25, -0.2) is 4.98 Å². The van der Waals surface area contributed by atoms with Crippen LogP contribution < -0.4 is 15.8 Å². The lowest BCUT2D eigenvalue weighted by molar-refractivity contribution is 0.328. The van der Waals surface area contributed by atoms with Crippen molar-refractivity contribution in [3.05, 3.63) is 35.6 Å². The van der Waals surface area contributed by atoms with Gasteiger partial charge in [0.25, 0.3) is 0 Å². The molecule has 2 rings (SSSR count). The van der Waals surface area contributed by atoms with E-state index in [1.165, 1.54) is 6.33 Å². The van der Waals surface area contributed by atoms with Crippen molar-refractivity contribution >= 4 is 28.8 Å². The standard InChI is InChI=1S/C12H13ClN4O/c1-2-18-12-10(14)11(15-7-16-12)17-9-6-4-3-5-8(9)13/h3-7H,2,14H2,1H3,(H,15,16,17). The molecule has 0 radical (unpaired) electrons. The number of hydrogen-bond donors (Lipinski definition) is 2. The number of nitrogens with two attached hydrogens (primary N) is 1. The molecule has 0 unspecified atom stereocenters. The molecule has 0 aliphatic rings. The highest BCUT2D eigenvalue weighted by molar-refractivity contribution is 6.33. The molecule has 0 aliphatic carbocycles. The topological polar surface area (TPSA) is 73.1 Å². The molecule has 1 aromatic heterocycles. The molecule has 2 aromatic rings. The van der Waals surface area contributed by atoms with Crippen LogP contribution in [0.5, 0.6) is 5.88 Å². The highest BCUT2D eigenvalue weighted by Crippen LogP contribution is 2.30. The summed E-state index contributed by atoms with van der Waals surface area (Å²) in [6, 6.07) is 7.34. The lowest BCUT2D eigenvalue weighted by Crippen LogP contribution is -2.05. The van der Waals surface area contributed by atoms with E-state index in [0.29, 0.717) is 29.0 Å². The maximum atomic E-state index is 6.05. The number of hydrogen-bond acceptors (Lipinski definition) is 5. The first kappa shape index (κ1) is 12.4. The van der Waals surface area contributed by atoms with Crippen LogP contribution in [-0.2, 0) is 0 Å². The molecule has 0 saturated heterocycles. The fourth-order valence-electron chi connectivity index (χ4n) is 1.42. The highest BCUT2D eigenvalue weighted by Gasteiger charge is 2.10. The van der Waals surface area contributed by atoms with Crippen LogP contribution in [0.25, 0.3) is 0 Å². The summed E-state index contributed by atoms with van der Waals surface area (Å²) in [6.45, 7) is 2.36. The summed E-state index contributed by atoms with van der Waals surface area (Å²) in [6.07, 6.45) is 1.39. The van der Waals surface area contributed by atoms with Crippen molar-refractivity contribution in [2.24, 2.45) is 0 Å². The van der Waals surface area contributed by atoms with E-state index in [9.17, 15) is 0 Å². The molecule has 0 fully saturated rings. The third-order valence-electron chi connectivity index (χ3n) is 2.26. The Bertz CT molecular complexity index is 547. The lowest BCUT2D eigenvalue weighted by Gasteiger charge is -2.11.